The van der Waals surface area contributed by atoms with Gasteiger partial charge in [0.2, 0.25) is 0 Å². The molecule has 0 aliphatic carbocycles. The molecule has 196 valence electrons. The molecular weight excluding hydrogens is 484 g/mol. The van der Waals surface area contributed by atoms with Crippen LogP contribution in [0.4, 0.5) is 0 Å². The van der Waals surface area contributed by atoms with E-state index in [1.165, 1.54) is 14.2 Å². The minimum Gasteiger partial charge on any atom is -0.468 e. The number of aromatic nitrogens is 2. The normalized spacial score (nSPS) is 27.5. The van der Waals surface area contributed by atoms with Crippen LogP contribution in [-0.4, -0.2) is 71.8 Å². The molecule has 4 heterocycles. The second-order valence-corrected chi connectivity index (χ2v) is 9.87. The van der Waals surface area contributed by atoms with Gasteiger partial charge in [-0.3, -0.25) is 34.2 Å². The van der Waals surface area contributed by atoms with E-state index in [0.717, 1.165) is 5.56 Å². The molecule has 0 amide bonds. The number of carbonyl (C=O) groups is 3. The van der Waals surface area contributed by atoms with Crippen molar-refractivity contribution in [2.75, 3.05) is 34.4 Å². The molecule has 2 fully saturated rings. The van der Waals surface area contributed by atoms with Crippen molar-refractivity contribution in [1.29, 1.82) is 0 Å². The van der Waals surface area contributed by atoms with Crippen LogP contribution < -0.4 is 0 Å². The van der Waals surface area contributed by atoms with Crippen LogP contribution in [0.25, 0.3) is 0 Å². The van der Waals surface area contributed by atoms with E-state index in [9.17, 15) is 14.4 Å². The van der Waals surface area contributed by atoms with Gasteiger partial charge in [-0.05, 0) is 36.9 Å². The van der Waals surface area contributed by atoms with Crippen molar-refractivity contribution in [3.05, 3.63) is 96.1 Å². The van der Waals surface area contributed by atoms with Crippen LogP contribution in [0.15, 0.2) is 79.1 Å². The number of ether oxygens (including phenoxy) is 2. The number of hydrogen-bond donors (Lipinski definition) is 0. The van der Waals surface area contributed by atoms with Crippen LogP contribution in [0.5, 0.6) is 0 Å². The summed E-state index contributed by atoms with van der Waals surface area (Å²) in [5.74, 6) is -1.96. The number of likely N-dealkylation sites (tertiary alicyclic amines) is 2. The third-order valence-electron chi connectivity index (χ3n) is 7.79. The zero-order chi connectivity index (χ0) is 26.9. The fourth-order valence-electron chi connectivity index (χ4n) is 6.42. The lowest BCUT2D eigenvalue weighted by Crippen LogP contribution is -2.75. The van der Waals surface area contributed by atoms with Gasteiger partial charge in [-0.25, -0.2) is 0 Å². The first kappa shape index (κ1) is 25.7. The Balaban J connectivity index is 1.80. The summed E-state index contributed by atoms with van der Waals surface area (Å²) in [4.78, 5) is 55.5. The number of nitrogens with zero attached hydrogens (tertiary/aromatic N) is 4. The number of esters is 2. The Morgan fingerprint density at radius 1 is 0.816 bits per heavy atom. The van der Waals surface area contributed by atoms with Crippen molar-refractivity contribution in [3.63, 3.8) is 0 Å². The minimum absolute atomic E-state index is 0.0483. The van der Waals surface area contributed by atoms with Gasteiger partial charge in [0.15, 0.2) is 16.6 Å². The third-order valence-corrected chi connectivity index (χ3v) is 7.79. The van der Waals surface area contributed by atoms with E-state index in [1.54, 1.807) is 43.7 Å². The van der Waals surface area contributed by atoms with Crippen LogP contribution in [0.1, 0.15) is 29.0 Å². The van der Waals surface area contributed by atoms with Crippen molar-refractivity contribution in [1.82, 2.24) is 19.8 Å². The van der Waals surface area contributed by atoms with Crippen molar-refractivity contribution in [2.45, 2.75) is 18.6 Å². The van der Waals surface area contributed by atoms with Crippen molar-refractivity contribution < 1.29 is 23.9 Å². The highest BCUT2D eigenvalue weighted by molar-refractivity contribution is 6.17. The fourth-order valence-corrected chi connectivity index (χ4v) is 6.42. The molecule has 38 heavy (non-hydrogen) atoms. The Hall–Kier alpha value is -3.95. The average Bonchev–Trinajstić information content (AvgIpc) is 2.95. The highest BCUT2D eigenvalue weighted by Gasteiger charge is 2.75. The molecule has 9 heteroatoms. The molecule has 0 saturated carbocycles. The van der Waals surface area contributed by atoms with Crippen LogP contribution in [0.2, 0.25) is 0 Å². The van der Waals surface area contributed by atoms with Gasteiger partial charge in [0.25, 0.3) is 0 Å². The van der Waals surface area contributed by atoms with Gasteiger partial charge >= 0.3 is 11.9 Å². The highest BCUT2D eigenvalue weighted by atomic mass is 16.5. The summed E-state index contributed by atoms with van der Waals surface area (Å²) in [7, 11) is 4.33. The Morgan fingerprint density at radius 2 is 1.29 bits per heavy atom. The van der Waals surface area contributed by atoms with Crippen molar-refractivity contribution >= 4 is 17.7 Å². The quantitative estimate of drug-likeness (QED) is 0.363. The first-order valence-corrected chi connectivity index (χ1v) is 12.4. The van der Waals surface area contributed by atoms with E-state index in [0.29, 0.717) is 17.9 Å². The second-order valence-electron chi connectivity index (χ2n) is 9.87. The van der Waals surface area contributed by atoms with E-state index in [-0.39, 0.29) is 13.1 Å². The minimum atomic E-state index is -1.75. The smallest absolute Gasteiger partial charge is 0.322 e. The standard InChI is InChI=1S/C29H30N4O5/c1-32-23(21-13-7-9-15-30-21)28(26(35)37-2)18-33(17-20-11-5-4-6-12-20)19-29(25(28)34,27(36)38-3)24(32)22-14-8-10-16-31-22/h4-16,23-24H,17-19H2,1-3H3/t23?,24?,28-,29+. The maximum absolute atomic E-state index is 14.9. The molecule has 2 unspecified atom stereocenters. The molecule has 9 nitrogen and oxygen atoms in total. The lowest BCUT2D eigenvalue weighted by atomic mass is 9.54. The van der Waals surface area contributed by atoms with Gasteiger partial charge in [-0.1, -0.05) is 42.5 Å². The molecule has 2 bridgehead atoms. The predicted octanol–water partition coefficient (Wildman–Crippen LogP) is 2.61. The van der Waals surface area contributed by atoms with E-state index in [2.05, 4.69) is 9.97 Å². The zero-order valence-electron chi connectivity index (χ0n) is 21.6. The van der Waals surface area contributed by atoms with E-state index in [4.69, 9.17) is 9.47 Å². The van der Waals surface area contributed by atoms with Crippen LogP contribution in [0, 0.1) is 10.8 Å². The van der Waals surface area contributed by atoms with Crippen molar-refractivity contribution in [3.8, 4) is 0 Å². The monoisotopic (exact) mass is 514 g/mol. The predicted molar refractivity (Wildman–Crippen MR) is 137 cm³/mol. The molecule has 5 rings (SSSR count). The first-order chi connectivity index (χ1) is 18.4. The Morgan fingerprint density at radius 3 is 1.71 bits per heavy atom. The van der Waals surface area contributed by atoms with Gasteiger partial charge in [0.05, 0.1) is 37.7 Å². The van der Waals surface area contributed by atoms with Gasteiger partial charge < -0.3 is 9.47 Å². The maximum Gasteiger partial charge on any atom is 0.322 e. The topological polar surface area (TPSA) is 102 Å². The van der Waals surface area contributed by atoms with Gasteiger partial charge in [-0.15, -0.1) is 0 Å². The maximum atomic E-state index is 14.9. The first-order valence-electron chi connectivity index (χ1n) is 12.4. The molecule has 2 aliphatic rings. The number of rotatable bonds is 6. The number of fused-ring (bicyclic) bond motifs is 2. The molecule has 0 N–H and O–H groups in total. The van der Waals surface area contributed by atoms with Gasteiger partial charge in [0, 0.05) is 32.0 Å². The Labute approximate surface area is 221 Å². The number of ketones is 1. The summed E-state index contributed by atoms with van der Waals surface area (Å²) in [6.45, 7) is 0.512. The molecule has 1 aromatic carbocycles. The molecule has 0 radical (unpaired) electrons. The summed E-state index contributed by atoms with van der Waals surface area (Å²) in [5.41, 5.74) is -1.46. The van der Waals surface area contributed by atoms with Crippen LogP contribution in [0.3, 0.4) is 0 Å². The van der Waals surface area contributed by atoms with E-state index < -0.39 is 40.6 Å². The molecule has 0 spiro atoms. The zero-order valence-corrected chi connectivity index (χ0v) is 21.6. The van der Waals surface area contributed by atoms with Crippen molar-refractivity contribution in [2.24, 2.45) is 10.8 Å². The van der Waals surface area contributed by atoms with Crippen LogP contribution >= 0.6 is 0 Å². The summed E-state index contributed by atoms with van der Waals surface area (Å²) < 4.78 is 10.7. The largest absolute Gasteiger partial charge is 0.468 e. The second kappa shape index (κ2) is 10.1. The number of methoxy groups -OCH3 is 2. The summed E-state index contributed by atoms with van der Waals surface area (Å²) in [6, 6.07) is 18.8. The number of Topliss-reactive ketones (excluding diaryl/α,β-unsaturated/α-hetero) is 1. The molecule has 2 aliphatic heterocycles. The molecule has 2 saturated heterocycles. The Kier molecular flexibility index (Phi) is 6.81. The lowest BCUT2D eigenvalue weighted by Gasteiger charge is -2.60. The third kappa shape index (κ3) is 3.81. The van der Waals surface area contributed by atoms with Gasteiger partial charge in [0.1, 0.15) is 0 Å². The molecule has 4 atom stereocenters. The lowest BCUT2D eigenvalue weighted by molar-refractivity contribution is -0.204. The summed E-state index contributed by atoms with van der Waals surface area (Å²) >= 11 is 0. The average molecular weight is 515 g/mol. The van der Waals surface area contributed by atoms with E-state index in [1.807, 2.05) is 52.3 Å². The number of piperidine rings is 2. The molecular formula is C29H30N4O5. The summed E-state index contributed by atoms with van der Waals surface area (Å²) in [5, 5.41) is 0. The van der Waals surface area contributed by atoms with E-state index >= 15 is 0 Å². The van der Waals surface area contributed by atoms with Crippen LogP contribution in [-0.2, 0) is 30.4 Å². The number of pyridine rings is 2. The SMILES string of the molecule is COC(=O)[C@@]12CN(Cc3ccccc3)C[C@@](C(=O)OC)(C1=O)C(c1ccccn1)N(C)C2c1ccccn1. The fraction of sp³-hybridized carbons (Fsp3) is 0.345. The number of carbonyl (C=O) groups excluding carboxylic acids is 3. The summed E-state index contributed by atoms with van der Waals surface area (Å²) in [6.07, 6.45) is 3.25. The molecule has 3 aromatic rings. The number of benzene rings is 1. The molecule has 2 aromatic heterocycles. The highest BCUT2D eigenvalue weighted by Crippen LogP contribution is 2.60. The van der Waals surface area contributed by atoms with Gasteiger partial charge in [-0.2, -0.15) is 0 Å². The number of hydrogen-bond acceptors (Lipinski definition) is 9. The Bertz CT molecular complexity index is 1240.